The number of halogens is 1. The van der Waals surface area contributed by atoms with Gasteiger partial charge in [-0.05, 0) is 49.9 Å². The Morgan fingerprint density at radius 3 is 2.35 bits per heavy atom. The second-order valence-electron chi connectivity index (χ2n) is 6.97. The van der Waals surface area contributed by atoms with Crippen molar-refractivity contribution in [1.29, 1.82) is 0 Å². The first-order valence-electron chi connectivity index (χ1n) is 8.09. The van der Waals surface area contributed by atoms with Crippen LogP contribution in [0.25, 0.3) is 0 Å². The topological polar surface area (TPSA) is 49.4 Å². The maximum Gasteiger partial charge on any atom is 0.252 e. The van der Waals surface area contributed by atoms with E-state index in [9.17, 15) is 8.42 Å². The third-order valence-electron chi connectivity index (χ3n) is 4.04. The Morgan fingerprint density at radius 2 is 1.87 bits per heavy atom. The standard InChI is InChI=1S/C16H28N2O2S2.ClH/c1-5-12-18(13-8-10-17-11-9-13)22(19,20)15-7-6-14(21-15)16(2,3)4;/h6-7,13,17H,5,8-12H2,1-4H3;1H. The summed E-state index contributed by atoms with van der Waals surface area (Å²) >= 11 is 1.42. The molecule has 23 heavy (non-hydrogen) atoms. The number of hydrogen-bond acceptors (Lipinski definition) is 4. The van der Waals surface area contributed by atoms with Gasteiger partial charge in [0.15, 0.2) is 0 Å². The van der Waals surface area contributed by atoms with Gasteiger partial charge in [0.1, 0.15) is 4.21 Å². The molecule has 1 aliphatic heterocycles. The fraction of sp³-hybridized carbons (Fsp3) is 0.750. The normalized spacial score (nSPS) is 17.3. The number of sulfonamides is 1. The van der Waals surface area contributed by atoms with Crippen molar-refractivity contribution >= 4 is 33.8 Å². The van der Waals surface area contributed by atoms with Gasteiger partial charge in [-0.25, -0.2) is 8.42 Å². The lowest BCUT2D eigenvalue weighted by molar-refractivity contribution is 0.263. The van der Waals surface area contributed by atoms with Crippen LogP contribution in [0.15, 0.2) is 16.3 Å². The van der Waals surface area contributed by atoms with E-state index in [1.165, 1.54) is 11.3 Å². The van der Waals surface area contributed by atoms with Crippen molar-refractivity contribution in [2.45, 2.75) is 62.6 Å². The summed E-state index contributed by atoms with van der Waals surface area (Å²) in [5, 5.41) is 3.31. The van der Waals surface area contributed by atoms with E-state index in [2.05, 4.69) is 26.1 Å². The third-order valence-corrected chi connectivity index (χ3v) is 7.97. The largest absolute Gasteiger partial charge is 0.317 e. The van der Waals surface area contributed by atoms with E-state index in [0.717, 1.165) is 37.2 Å². The highest BCUT2D eigenvalue weighted by Crippen LogP contribution is 2.34. The minimum atomic E-state index is -3.38. The fourth-order valence-electron chi connectivity index (χ4n) is 2.79. The number of nitrogens with zero attached hydrogens (tertiary/aromatic N) is 1. The molecule has 2 rings (SSSR count). The second kappa shape index (κ2) is 8.30. The third kappa shape index (κ3) is 4.92. The van der Waals surface area contributed by atoms with Crippen molar-refractivity contribution in [3.05, 3.63) is 17.0 Å². The first kappa shape index (κ1) is 20.9. The van der Waals surface area contributed by atoms with Crippen molar-refractivity contribution in [2.75, 3.05) is 19.6 Å². The fourth-order valence-corrected chi connectivity index (χ4v) is 6.06. The summed E-state index contributed by atoms with van der Waals surface area (Å²) in [4.78, 5) is 1.12. The summed E-state index contributed by atoms with van der Waals surface area (Å²) in [6.45, 7) is 10.8. The SMILES string of the molecule is CCCN(C1CCNCC1)S(=O)(=O)c1ccc(C(C)(C)C)s1.Cl. The molecule has 7 heteroatoms. The molecular formula is C16H29ClN2O2S2. The van der Waals surface area contributed by atoms with Crippen LogP contribution < -0.4 is 5.32 Å². The Labute approximate surface area is 151 Å². The van der Waals surface area contributed by atoms with Crippen LogP contribution in [0.4, 0.5) is 0 Å². The van der Waals surface area contributed by atoms with Gasteiger partial charge in [-0.15, -0.1) is 23.7 Å². The molecule has 1 fully saturated rings. The Hall–Kier alpha value is -0.140. The van der Waals surface area contributed by atoms with Crippen molar-refractivity contribution in [3.63, 3.8) is 0 Å². The molecule has 4 nitrogen and oxygen atoms in total. The van der Waals surface area contributed by atoms with E-state index in [1.807, 2.05) is 13.0 Å². The molecule has 1 aromatic rings. The molecule has 0 aliphatic carbocycles. The lowest BCUT2D eigenvalue weighted by atomic mass is 9.95. The van der Waals surface area contributed by atoms with Gasteiger partial charge in [0.25, 0.3) is 10.0 Å². The minimum Gasteiger partial charge on any atom is -0.317 e. The van der Waals surface area contributed by atoms with Crippen LogP contribution in [0, 0.1) is 0 Å². The maximum absolute atomic E-state index is 13.1. The smallest absolute Gasteiger partial charge is 0.252 e. The Morgan fingerprint density at radius 1 is 1.26 bits per heavy atom. The summed E-state index contributed by atoms with van der Waals surface area (Å²) in [5.41, 5.74) is -0.0111. The highest BCUT2D eigenvalue weighted by molar-refractivity contribution is 7.91. The van der Waals surface area contributed by atoms with Gasteiger partial charge >= 0.3 is 0 Å². The minimum absolute atomic E-state index is 0. The van der Waals surface area contributed by atoms with Crippen LogP contribution in [-0.2, 0) is 15.4 Å². The number of hydrogen-bond donors (Lipinski definition) is 1. The van der Waals surface area contributed by atoms with Crippen molar-refractivity contribution in [2.24, 2.45) is 0 Å². The zero-order valence-electron chi connectivity index (χ0n) is 14.5. The summed E-state index contributed by atoms with van der Waals surface area (Å²) in [6.07, 6.45) is 2.65. The van der Waals surface area contributed by atoms with E-state index >= 15 is 0 Å². The van der Waals surface area contributed by atoms with Crippen LogP contribution in [0.1, 0.15) is 51.8 Å². The van der Waals surface area contributed by atoms with Crippen molar-refractivity contribution < 1.29 is 8.42 Å². The maximum atomic E-state index is 13.1. The van der Waals surface area contributed by atoms with Gasteiger partial charge < -0.3 is 5.32 Å². The van der Waals surface area contributed by atoms with Crippen molar-refractivity contribution in [3.8, 4) is 0 Å². The lowest BCUT2D eigenvalue weighted by Gasteiger charge is -2.33. The van der Waals surface area contributed by atoms with E-state index in [1.54, 1.807) is 10.4 Å². The van der Waals surface area contributed by atoms with Crippen LogP contribution in [0.2, 0.25) is 0 Å². The Kier molecular flexibility index (Phi) is 7.54. The molecule has 1 N–H and O–H groups in total. The molecule has 0 atom stereocenters. The second-order valence-corrected chi connectivity index (χ2v) is 10.2. The molecule has 0 amide bonds. The molecule has 0 radical (unpaired) electrons. The summed E-state index contributed by atoms with van der Waals surface area (Å²) in [5.74, 6) is 0. The first-order valence-corrected chi connectivity index (χ1v) is 10.4. The number of thiophene rings is 1. The molecule has 1 aliphatic rings. The van der Waals surface area contributed by atoms with Gasteiger partial charge in [0, 0.05) is 17.5 Å². The van der Waals surface area contributed by atoms with E-state index in [-0.39, 0.29) is 23.9 Å². The van der Waals surface area contributed by atoms with Crippen LogP contribution in [0.5, 0.6) is 0 Å². The molecular weight excluding hydrogens is 352 g/mol. The van der Waals surface area contributed by atoms with Gasteiger partial charge in [-0.1, -0.05) is 27.7 Å². The average molecular weight is 381 g/mol. The molecule has 1 saturated heterocycles. The van der Waals surface area contributed by atoms with Crippen molar-refractivity contribution in [1.82, 2.24) is 9.62 Å². The van der Waals surface area contributed by atoms with Gasteiger partial charge in [0.2, 0.25) is 0 Å². The van der Waals surface area contributed by atoms with E-state index in [0.29, 0.717) is 10.8 Å². The van der Waals surface area contributed by atoms with Gasteiger partial charge in [0.05, 0.1) is 0 Å². The summed E-state index contributed by atoms with van der Waals surface area (Å²) in [7, 11) is -3.38. The average Bonchev–Trinajstić information content (AvgIpc) is 2.96. The molecule has 2 heterocycles. The zero-order chi connectivity index (χ0) is 16.4. The highest BCUT2D eigenvalue weighted by Gasteiger charge is 2.33. The molecule has 0 aromatic carbocycles. The molecule has 0 unspecified atom stereocenters. The zero-order valence-corrected chi connectivity index (χ0v) is 16.9. The van der Waals surface area contributed by atoms with Crippen LogP contribution in [-0.4, -0.2) is 38.4 Å². The number of rotatable bonds is 5. The van der Waals surface area contributed by atoms with E-state index in [4.69, 9.17) is 0 Å². The highest BCUT2D eigenvalue weighted by atomic mass is 35.5. The number of piperidine rings is 1. The summed E-state index contributed by atoms with van der Waals surface area (Å²) < 4.78 is 28.4. The molecule has 0 saturated carbocycles. The molecule has 0 spiro atoms. The monoisotopic (exact) mass is 380 g/mol. The quantitative estimate of drug-likeness (QED) is 0.848. The van der Waals surface area contributed by atoms with Crippen LogP contribution >= 0.6 is 23.7 Å². The first-order chi connectivity index (χ1) is 10.3. The van der Waals surface area contributed by atoms with Crippen LogP contribution in [0.3, 0.4) is 0 Å². The Balaban J connectivity index is 0.00000264. The molecule has 0 bridgehead atoms. The van der Waals surface area contributed by atoms with Gasteiger partial charge in [-0.3, -0.25) is 0 Å². The Bertz CT molecular complexity index is 587. The molecule has 134 valence electrons. The predicted molar refractivity (Wildman–Crippen MR) is 100 cm³/mol. The summed E-state index contributed by atoms with van der Waals surface area (Å²) in [6, 6.07) is 3.88. The predicted octanol–water partition coefficient (Wildman–Crippen LogP) is 3.62. The van der Waals surface area contributed by atoms with E-state index < -0.39 is 10.0 Å². The lowest BCUT2D eigenvalue weighted by Crippen LogP contribution is -2.46. The van der Waals surface area contributed by atoms with Gasteiger partial charge in [-0.2, -0.15) is 4.31 Å². The molecule has 1 aromatic heterocycles. The number of nitrogens with one attached hydrogen (secondary N) is 1.